The molecule has 0 radical (unpaired) electrons. The van der Waals surface area contributed by atoms with Crippen LogP contribution in [0, 0.1) is 0 Å². The molecule has 0 saturated carbocycles. The molecular formula is C17H25F3IN3O2. The zero-order chi connectivity index (χ0) is 18.7. The molecule has 0 aromatic heterocycles. The molecule has 0 heterocycles. The number of halogens is 4. The molecule has 0 bridgehead atoms. The maximum atomic E-state index is 12.5. The van der Waals surface area contributed by atoms with Crippen LogP contribution in [-0.4, -0.2) is 38.7 Å². The normalized spacial score (nSPS) is 11.5. The molecule has 9 heteroatoms. The monoisotopic (exact) mass is 487 g/mol. The predicted octanol–water partition coefficient (Wildman–Crippen LogP) is 3.37. The Morgan fingerprint density at radius 3 is 2.31 bits per heavy atom. The van der Waals surface area contributed by atoms with Crippen LogP contribution in [-0.2, 0) is 22.1 Å². The van der Waals surface area contributed by atoms with Crippen LogP contribution < -0.4 is 10.6 Å². The number of alkyl halides is 3. The van der Waals surface area contributed by atoms with Crippen molar-refractivity contribution in [3.05, 3.63) is 35.4 Å². The first-order valence-corrected chi connectivity index (χ1v) is 8.13. The van der Waals surface area contributed by atoms with E-state index >= 15 is 0 Å². The van der Waals surface area contributed by atoms with Gasteiger partial charge in [-0.15, -0.1) is 24.0 Å². The molecule has 0 spiro atoms. The number of benzene rings is 1. The standard InChI is InChI=1S/C17H24F3N3O2.HI/c1-3-25-15(24)5-4-11-22-16(21-2)23-12-10-13-6-8-14(9-7-13)17(18,19)20;/h6-9H,3-5,10-12H2,1-2H3,(H2,21,22,23);1H. The van der Waals surface area contributed by atoms with Gasteiger partial charge in [0.25, 0.3) is 0 Å². The summed E-state index contributed by atoms with van der Waals surface area (Å²) < 4.78 is 42.3. The first-order chi connectivity index (χ1) is 11.9. The molecule has 0 saturated heterocycles. The topological polar surface area (TPSA) is 62.7 Å². The summed E-state index contributed by atoms with van der Waals surface area (Å²) in [6, 6.07) is 5.11. The minimum Gasteiger partial charge on any atom is -0.466 e. The summed E-state index contributed by atoms with van der Waals surface area (Å²) in [4.78, 5) is 15.3. The Hall–Kier alpha value is -1.52. The number of esters is 1. The van der Waals surface area contributed by atoms with Crippen LogP contribution in [0.3, 0.4) is 0 Å². The zero-order valence-electron chi connectivity index (χ0n) is 14.9. The number of hydrogen-bond donors (Lipinski definition) is 2. The maximum Gasteiger partial charge on any atom is 0.416 e. The van der Waals surface area contributed by atoms with E-state index in [1.165, 1.54) is 12.1 Å². The van der Waals surface area contributed by atoms with Gasteiger partial charge in [-0.25, -0.2) is 0 Å². The molecule has 0 unspecified atom stereocenters. The summed E-state index contributed by atoms with van der Waals surface area (Å²) in [6.07, 6.45) is -2.78. The Morgan fingerprint density at radius 2 is 1.77 bits per heavy atom. The molecule has 0 aliphatic heterocycles. The Labute approximate surface area is 168 Å². The molecule has 148 valence electrons. The third kappa shape index (κ3) is 9.83. The minimum atomic E-state index is -4.31. The van der Waals surface area contributed by atoms with E-state index in [1.54, 1.807) is 14.0 Å². The van der Waals surface area contributed by atoms with Gasteiger partial charge in [-0.3, -0.25) is 9.79 Å². The average molecular weight is 487 g/mol. The van der Waals surface area contributed by atoms with E-state index in [9.17, 15) is 18.0 Å². The van der Waals surface area contributed by atoms with Gasteiger partial charge in [0, 0.05) is 26.6 Å². The van der Waals surface area contributed by atoms with Crippen LogP contribution in [0.25, 0.3) is 0 Å². The highest BCUT2D eigenvalue weighted by Gasteiger charge is 2.29. The summed E-state index contributed by atoms with van der Waals surface area (Å²) in [5.41, 5.74) is 0.154. The molecular weight excluding hydrogens is 462 g/mol. The molecule has 26 heavy (non-hydrogen) atoms. The van der Waals surface area contributed by atoms with E-state index in [0.717, 1.165) is 17.7 Å². The molecule has 0 amide bonds. The second-order valence-corrected chi connectivity index (χ2v) is 5.28. The molecule has 0 aliphatic carbocycles. The fourth-order valence-electron chi connectivity index (χ4n) is 2.08. The van der Waals surface area contributed by atoms with Crippen molar-refractivity contribution in [2.24, 2.45) is 4.99 Å². The number of ether oxygens (including phenoxy) is 1. The van der Waals surface area contributed by atoms with Crippen molar-refractivity contribution in [1.82, 2.24) is 10.6 Å². The number of rotatable bonds is 8. The van der Waals surface area contributed by atoms with Gasteiger partial charge in [-0.05, 0) is 37.5 Å². The second-order valence-electron chi connectivity index (χ2n) is 5.28. The number of carbonyl (C=O) groups is 1. The number of carbonyl (C=O) groups excluding carboxylic acids is 1. The smallest absolute Gasteiger partial charge is 0.416 e. The van der Waals surface area contributed by atoms with Crippen molar-refractivity contribution >= 4 is 35.9 Å². The molecule has 1 aromatic rings. The fraction of sp³-hybridized carbons (Fsp3) is 0.529. The van der Waals surface area contributed by atoms with Gasteiger partial charge in [0.1, 0.15) is 0 Å². The van der Waals surface area contributed by atoms with E-state index in [2.05, 4.69) is 15.6 Å². The quantitative estimate of drug-likeness (QED) is 0.194. The lowest BCUT2D eigenvalue weighted by atomic mass is 10.1. The SMILES string of the molecule is CCOC(=O)CCCNC(=NC)NCCc1ccc(C(F)(F)F)cc1.I. The van der Waals surface area contributed by atoms with Crippen molar-refractivity contribution < 1.29 is 22.7 Å². The average Bonchev–Trinajstić information content (AvgIpc) is 2.57. The number of hydrogen-bond acceptors (Lipinski definition) is 3. The maximum absolute atomic E-state index is 12.5. The van der Waals surface area contributed by atoms with Crippen LogP contribution in [0.1, 0.15) is 30.9 Å². The number of aliphatic imine (C=N–C) groups is 1. The van der Waals surface area contributed by atoms with Gasteiger partial charge in [0.05, 0.1) is 12.2 Å². The summed E-state index contributed by atoms with van der Waals surface area (Å²) in [5, 5.41) is 6.14. The van der Waals surface area contributed by atoms with Gasteiger partial charge in [-0.1, -0.05) is 12.1 Å². The van der Waals surface area contributed by atoms with Crippen molar-refractivity contribution in [1.29, 1.82) is 0 Å². The first kappa shape index (κ1) is 24.5. The van der Waals surface area contributed by atoms with Crippen molar-refractivity contribution in [3.8, 4) is 0 Å². The molecule has 1 aromatic carbocycles. The zero-order valence-corrected chi connectivity index (χ0v) is 17.2. The van der Waals surface area contributed by atoms with Gasteiger partial charge < -0.3 is 15.4 Å². The largest absolute Gasteiger partial charge is 0.466 e. The second kappa shape index (κ2) is 12.8. The Kier molecular flexibility index (Phi) is 12.0. The van der Waals surface area contributed by atoms with Crippen molar-refractivity contribution in [2.45, 2.75) is 32.4 Å². The number of nitrogens with zero attached hydrogens (tertiary/aromatic N) is 1. The van der Waals surface area contributed by atoms with E-state index in [4.69, 9.17) is 4.74 Å². The molecule has 0 fully saturated rings. The van der Waals surface area contributed by atoms with Crippen LogP contribution in [0.2, 0.25) is 0 Å². The molecule has 2 N–H and O–H groups in total. The van der Waals surface area contributed by atoms with E-state index < -0.39 is 11.7 Å². The lowest BCUT2D eigenvalue weighted by molar-refractivity contribution is -0.143. The summed E-state index contributed by atoms with van der Waals surface area (Å²) in [5.74, 6) is 0.352. The molecule has 5 nitrogen and oxygen atoms in total. The third-order valence-electron chi connectivity index (χ3n) is 3.37. The summed E-state index contributed by atoms with van der Waals surface area (Å²) in [7, 11) is 1.62. The van der Waals surface area contributed by atoms with Gasteiger partial charge in [0.15, 0.2) is 5.96 Å². The third-order valence-corrected chi connectivity index (χ3v) is 3.37. The van der Waals surface area contributed by atoms with Crippen LogP contribution >= 0.6 is 24.0 Å². The molecule has 1 rings (SSSR count). The lowest BCUT2D eigenvalue weighted by Gasteiger charge is -2.12. The summed E-state index contributed by atoms with van der Waals surface area (Å²) in [6.45, 7) is 3.24. The molecule has 0 atom stereocenters. The number of nitrogens with one attached hydrogen (secondary N) is 2. The summed E-state index contributed by atoms with van der Waals surface area (Å²) >= 11 is 0. The van der Waals surface area contributed by atoms with Crippen molar-refractivity contribution in [2.75, 3.05) is 26.7 Å². The fourth-order valence-corrected chi connectivity index (χ4v) is 2.08. The molecule has 0 aliphatic rings. The van der Waals surface area contributed by atoms with Crippen molar-refractivity contribution in [3.63, 3.8) is 0 Å². The highest BCUT2D eigenvalue weighted by Crippen LogP contribution is 2.29. The Morgan fingerprint density at radius 1 is 1.15 bits per heavy atom. The van der Waals surface area contributed by atoms with E-state index in [1.807, 2.05) is 0 Å². The van der Waals surface area contributed by atoms with Gasteiger partial charge in [-0.2, -0.15) is 13.2 Å². The van der Waals surface area contributed by atoms with E-state index in [0.29, 0.717) is 44.9 Å². The Balaban J connectivity index is 0.00000625. The van der Waals surface area contributed by atoms with Crippen LogP contribution in [0.4, 0.5) is 13.2 Å². The highest BCUT2D eigenvalue weighted by atomic mass is 127. The van der Waals surface area contributed by atoms with E-state index in [-0.39, 0.29) is 29.9 Å². The Bertz CT molecular complexity index is 563. The van der Waals surface area contributed by atoms with Crippen LogP contribution in [0.5, 0.6) is 0 Å². The lowest BCUT2D eigenvalue weighted by Crippen LogP contribution is -2.38. The first-order valence-electron chi connectivity index (χ1n) is 8.13. The van der Waals surface area contributed by atoms with Gasteiger partial charge >= 0.3 is 12.1 Å². The minimum absolute atomic E-state index is 0. The van der Waals surface area contributed by atoms with Gasteiger partial charge in [0.2, 0.25) is 0 Å². The van der Waals surface area contributed by atoms with Crippen LogP contribution in [0.15, 0.2) is 29.3 Å². The highest BCUT2D eigenvalue weighted by molar-refractivity contribution is 14.0. The number of guanidine groups is 1. The predicted molar refractivity (Wildman–Crippen MR) is 106 cm³/mol.